The van der Waals surface area contributed by atoms with Crippen LogP contribution in [0.3, 0.4) is 0 Å². The Hall–Kier alpha value is -1.26. The van der Waals surface area contributed by atoms with Gasteiger partial charge in [0.25, 0.3) is 0 Å². The van der Waals surface area contributed by atoms with E-state index in [0.717, 1.165) is 0 Å². The topological polar surface area (TPSA) is 49.6 Å². The van der Waals surface area contributed by atoms with Crippen molar-refractivity contribution in [3.8, 4) is 5.88 Å². The van der Waals surface area contributed by atoms with E-state index in [1.165, 1.54) is 0 Å². The van der Waals surface area contributed by atoms with Crippen molar-refractivity contribution in [3.05, 3.63) is 29.2 Å². The Labute approximate surface area is 92.5 Å². The third-order valence-electron chi connectivity index (χ3n) is 2.44. The minimum Gasteiger partial charge on any atom is -0.494 e. The molecule has 0 spiro atoms. The maximum Gasteiger partial charge on any atom is 0.197 e. The number of nitrogens with one attached hydrogen (secondary N) is 1. The molecule has 2 rings (SSSR count). The molecule has 0 aliphatic carbocycles. The van der Waals surface area contributed by atoms with Crippen molar-refractivity contribution in [2.24, 2.45) is 0 Å². The van der Waals surface area contributed by atoms with Gasteiger partial charge in [0.2, 0.25) is 0 Å². The van der Waals surface area contributed by atoms with Crippen molar-refractivity contribution in [2.75, 3.05) is 7.05 Å². The van der Waals surface area contributed by atoms with Gasteiger partial charge in [0, 0.05) is 0 Å². The van der Waals surface area contributed by atoms with Crippen molar-refractivity contribution < 1.29 is 5.11 Å². The predicted octanol–water partition coefficient (Wildman–Crippen LogP) is 1.97. The molecule has 15 heavy (non-hydrogen) atoms. The Kier molecular flexibility index (Phi) is 2.54. The van der Waals surface area contributed by atoms with Crippen LogP contribution in [0.25, 0.3) is 5.52 Å². The number of hydrogen-bond donors (Lipinski definition) is 2. The van der Waals surface area contributed by atoms with Gasteiger partial charge >= 0.3 is 0 Å². The Bertz CT molecular complexity index is 495. The molecule has 0 aliphatic heterocycles. The smallest absolute Gasteiger partial charge is 0.197 e. The quantitative estimate of drug-likeness (QED) is 0.822. The Morgan fingerprint density at radius 2 is 2.27 bits per heavy atom. The zero-order chi connectivity index (χ0) is 11.0. The van der Waals surface area contributed by atoms with Crippen molar-refractivity contribution in [2.45, 2.75) is 13.0 Å². The van der Waals surface area contributed by atoms with E-state index in [1.54, 1.807) is 16.5 Å². The van der Waals surface area contributed by atoms with Crippen LogP contribution < -0.4 is 5.32 Å². The van der Waals surface area contributed by atoms with Crippen LogP contribution in [0.1, 0.15) is 18.8 Å². The molecule has 80 valence electrons. The molecule has 2 N–H and O–H groups in total. The molecule has 0 aliphatic rings. The molecule has 0 aromatic carbocycles. The van der Waals surface area contributed by atoms with Gasteiger partial charge in [-0.3, -0.25) is 4.40 Å². The van der Waals surface area contributed by atoms with Gasteiger partial charge in [0.05, 0.1) is 11.6 Å². The van der Waals surface area contributed by atoms with Crippen LogP contribution in [0.5, 0.6) is 5.88 Å². The van der Waals surface area contributed by atoms with E-state index in [0.29, 0.717) is 16.5 Å². The van der Waals surface area contributed by atoms with Crippen LogP contribution in [0, 0.1) is 0 Å². The first-order valence-electron chi connectivity index (χ1n) is 4.68. The second kappa shape index (κ2) is 3.72. The molecule has 4 nitrogen and oxygen atoms in total. The second-order valence-corrected chi connectivity index (χ2v) is 3.73. The lowest BCUT2D eigenvalue weighted by molar-refractivity contribution is 0.437. The molecule has 0 fully saturated rings. The summed E-state index contributed by atoms with van der Waals surface area (Å²) in [4.78, 5) is 4.23. The normalized spacial score (nSPS) is 13.3. The first-order valence-corrected chi connectivity index (χ1v) is 5.06. The van der Waals surface area contributed by atoms with Gasteiger partial charge in [0.1, 0.15) is 5.82 Å². The Morgan fingerprint density at radius 3 is 2.93 bits per heavy atom. The summed E-state index contributed by atoms with van der Waals surface area (Å²) in [7, 11) is 1.83. The maximum absolute atomic E-state index is 9.75. The number of hydrogen-bond acceptors (Lipinski definition) is 3. The predicted molar refractivity (Wildman–Crippen MR) is 59.3 cm³/mol. The fourth-order valence-electron chi connectivity index (χ4n) is 1.53. The van der Waals surface area contributed by atoms with Gasteiger partial charge in [-0.2, -0.15) is 0 Å². The zero-order valence-corrected chi connectivity index (χ0v) is 9.28. The molecule has 1 unspecified atom stereocenters. The zero-order valence-electron chi connectivity index (χ0n) is 8.53. The summed E-state index contributed by atoms with van der Waals surface area (Å²) in [6.07, 6.45) is 0. The molecule has 0 radical (unpaired) electrons. The molecule has 0 saturated heterocycles. The first-order chi connectivity index (χ1) is 7.15. The lowest BCUT2D eigenvalue weighted by Gasteiger charge is -2.09. The molecular formula is C10H12ClN3O. The van der Waals surface area contributed by atoms with E-state index in [1.807, 2.05) is 20.0 Å². The van der Waals surface area contributed by atoms with E-state index in [-0.39, 0.29) is 11.9 Å². The maximum atomic E-state index is 9.75. The van der Waals surface area contributed by atoms with Crippen LogP contribution in [0.2, 0.25) is 5.15 Å². The van der Waals surface area contributed by atoms with Crippen LogP contribution in [-0.2, 0) is 0 Å². The van der Waals surface area contributed by atoms with Crippen molar-refractivity contribution in [1.82, 2.24) is 14.7 Å². The van der Waals surface area contributed by atoms with Crippen molar-refractivity contribution in [3.63, 3.8) is 0 Å². The van der Waals surface area contributed by atoms with Crippen LogP contribution in [-0.4, -0.2) is 21.5 Å². The molecule has 1 atom stereocenters. The lowest BCUT2D eigenvalue weighted by atomic mass is 10.3. The highest BCUT2D eigenvalue weighted by Gasteiger charge is 2.15. The van der Waals surface area contributed by atoms with Crippen LogP contribution in [0.4, 0.5) is 0 Å². The number of fused-ring (bicyclic) bond motifs is 1. The highest BCUT2D eigenvalue weighted by Crippen LogP contribution is 2.26. The fraction of sp³-hybridized carbons (Fsp3) is 0.300. The molecule has 0 amide bonds. The van der Waals surface area contributed by atoms with Crippen molar-refractivity contribution in [1.29, 1.82) is 0 Å². The van der Waals surface area contributed by atoms with Crippen LogP contribution in [0.15, 0.2) is 18.2 Å². The van der Waals surface area contributed by atoms with Crippen LogP contribution >= 0.6 is 11.6 Å². The lowest BCUT2D eigenvalue weighted by Crippen LogP contribution is -2.15. The summed E-state index contributed by atoms with van der Waals surface area (Å²) in [5.41, 5.74) is 0.716. The van der Waals surface area contributed by atoms with Gasteiger partial charge in [-0.15, -0.1) is 0 Å². The highest BCUT2D eigenvalue weighted by molar-refractivity contribution is 6.32. The standard InChI is InChI=1S/C10H12ClN3O/c1-6(12-2)10-13-9(11)7-4-3-5-8(15)14(7)10/h3-6,12,15H,1-2H3. The summed E-state index contributed by atoms with van der Waals surface area (Å²) in [5, 5.41) is 13.2. The first kappa shape index (κ1) is 10.3. The number of aromatic nitrogens is 2. The van der Waals surface area contributed by atoms with E-state index < -0.39 is 0 Å². The van der Waals surface area contributed by atoms with Gasteiger partial charge in [0.15, 0.2) is 11.0 Å². The number of imidazole rings is 1. The highest BCUT2D eigenvalue weighted by atomic mass is 35.5. The summed E-state index contributed by atoms with van der Waals surface area (Å²) in [6.45, 7) is 1.96. The molecule has 2 heterocycles. The summed E-state index contributed by atoms with van der Waals surface area (Å²) >= 11 is 5.98. The fourth-order valence-corrected chi connectivity index (χ4v) is 1.76. The third-order valence-corrected chi connectivity index (χ3v) is 2.72. The number of pyridine rings is 1. The average molecular weight is 226 g/mol. The number of halogens is 1. The minimum atomic E-state index is 0.0262. The molecular weight excluding hydrogens is 214 g/mol. The second-order valence-electron chi connectivity index (χ2n) is 3.38. The van der Waals surface area contributed by atoms with E-state index in [2.05, 4.69) is 10.3 Å². The molecule has 2 aromatic heterocycles. The number of aromatic hydroxyl groups is 1. The summed E-state index contributed by atoms with van der Waals surface area (Å²) < 4.78 is 1.64. The SMILES string of the molecule is CNC(C)c1nc(Cl)c2cccc(O)n12. The largest absolute Gasteiger partial charge is 0.494 e. The summed E-state index contributed by atoms with van der Waals surface area (Å²) in [6, 6.07) is 5.20. The molecule has 0 bridgehead atoms. The van der Waals surface area contributed by atoms with Gasteiger partial charge < -0.3 is 10.4 Å². The summed E-state index contributed by atoms with van der Waals surface area (Å²) in [5.74, 6) is 0.847. The number of nitrogens with zero attached hydrogens (tertiary/aromatic N) is 2. The third kappa shape index (κ3) is 1.56. The monoisotopic (exact) mass is 225 g/mol. The minimum absolute atomic E-state index is 0.0262. The molecule has 0 saturated carbocycles. The Balaban J connectivity index is 2.75. The number of rotatable bonds is 2. The molecule has 2 aromatic rings. The van der Waals surface area contributed by atoms with E-state index >= 15 is 0 Å². The van der Waals surface area contributed by atoms with Gasteiger partial charge in [-0.1, -0.05) is 17.7 Å². The van der Waals surface area contributed by atoms with Crippen molar-refractivity contribution >= 4 is 17.1 Å². The van der Waals surface area contributed by atoms with Gasteiger partial charge in [-0.25, -0.2) is 4.98 Å². The van der Waals surface area contributed by atoms with Gasteiger partial charge in [-0.05, 0) is 26.1 Å². The van der Waals surface area contributed by atoms with E-state index in [9.17, 15) is 5.11 Å². The Morgan fingerprint density at radius 1 is 1.53 bits per heavy atom. The molecule has 5 heteroatoms. The average Bonchev–Trinajstić information content (AvgIpc) is 2.57. The van der Waals surface area contributed by atoms with E-state index in [4.69, 9.17) is 11.6 Å².